The zero-order chi connectivity index (χ0) is 13.3. The predicted molar refractivity (Wildman–Crippen MR) is 64.3 cm³/mol. The molecule has 1 aromatic heterocycles. The van der Waals surface area contributed by atoms with Crippen molar-refractivity contribution in [2.75, 3.05) is 6.54 Å². The highest BCUT2D eigenvalue weighted by Gasteiger charge is 2.39. The first-order chi connectivity index (χ1) is 8.56. The lowest BCUT2D eigenvalue weighted by Gasteiger charge is -2.23. The van der Waals surface area contributed by atoms with Gasteiger partial charge in [0, 0.05) is 19.0 Å². The second kappa shape index (κ2) is 4.84. The molecule has 0 radical (unpaired) electrons. The van der Waals surface area contributed by atoms with Crippen molar-refractivity contribution in [3.05, 3.63) is 23.7 Å². The van der Waals surface area contributed by atoms with Crippen LogP contribution in [0.4, 0.5) is 0 Å². The number of aryl methyl sites for hydroxylation is 1. The topological polar surface area (TPSA) is 70.8 Å². The van der Waals surface area contributed by atoms with E-state index in [9.17, 15) is 9.59 Å². The maximum Gasteiger partial charge on any atom is 0.308 e. The van der Waals surface area contributed by atoms with Gasteiger partial charge in [0.05, 0.1) is 17.7 Å². The quantitative estimate of drug-likeness (QED) is 0.888. The van der Waals surface area contributed by atoms with Gasteiger partial charge in [0.1, 0.15) is 5.76 Å². The Morgan fingerprint density at radius 1 is 1.56 bits per heavy atom. The van der Waals surface area contributed by atoms with Gasteiger partial charge in [-0.25, -0.2) is 0 Å². The van der Waals surface area contributed by atoms with Gasteiger partial charge in [-0.1, -0.05) is 6.92 Å². The summed E-state index contributed by atoms with van der Waals surface area (Å²) in [5, 5.41) is 9.06. The molecule has 0 saturated carbocycles. The molecular formula is C13H17NO4. The molecule has 1 aromatic rings. The summed E-state index contributed by atoms with van der Waals surface area (Å²) >= 11 is 0. The summed E-state index contributed by atoms with van der Waals surface area (Å²) in [7, 11) is 0. The Hall–Kier alpha value is -1.78. The van der Waals surface area contributed by atoms with Gasteiger partial charge in [0.15, 0.2) is 0 Å². The van der Waals surface area contributed by atoms with E-state index >= 15 is 0 Å². The van der Waals surface area contributed by atoms with Crippen LogP contribution in [0.15, 0.2) is 16.7 Å². The second-order valence-corrected chi connectivity index (χ2v) is 4.58. The average molecular weight is 251 g/mol. The lowest BCUT2D eigenvalue weighted by atomic mass is 10.0. The molecule has 1 saturated heterocycles. The maximum absolute atomic E-state index is 12.3. The van der Waals surface area contributed by atoms with Crippen LogP contribution >= 0.6 is 0 Å². The Morgan fingerprint density at radius 3 is 2.83 bits per heavy atom. The fraction of sp³-hybridized carbons (Fsp3) is 0.538. The van der Waals surface area contributed by atoms with Crippen molar-refractivity contribution in [3.8, 4) is 0 Å². The first kappa shape index (κ1) is 12.7. The summed E-state index contributed by atoms with van der Waals surface area (Å²) in [6, 6.07) is 1.39. The molecule has 1 aliphatic rings. The van der Waals surface area contributed by atoms with Crippen LogP contribution in [0, 0.1) is 5.92 Å². The van der Waals surface area contributed by atoms with Crippen molar-refractivity contribution < 1.29 is 19.1 Å². The van der Waals surface area contributed by atoms with Crippen molar-refractivity contribution in [1.29, 1.82) is 0 Å². The lowest BCUT2D eigenvalue weighted by Crippen LogP contribution is -2.37. The molecule has 5 nitrogen and oxygen atoms in total. The molecule has 2 unspecified atom stereocenters. The Labute approximate surface area is 105 Å². The summed E-state index contributed by atoms with van der Waals surface area (Å²) in [4.78, 5) is 25.0. The Balaban J connectivity index is 2.18. The first-order valence-electron chi connectivity index (χ1n) is 6.16. The normalized spacial score (nSPS) is 23.3. The van der Waals surface area contributed by atoms with E-state index in [-0.39, 0.29) is 11.9 Å². The van der Waals surface area contributed by atoms with Crippen LogP contribution in [0.2, 0.25) is 0 Å². The van der Waals surface area contributed by atoms with Crippen molar-refractivity contribution in [3.63, 3.8) is 0 Å². The highest BCUT2D eigenvalue weighted by molar-refractivity contribution is 5.96. The fourth-order valence-electron chi connectivity index (χ4n) is 2.52. The van der Waals surface area contributed by atoms with E-state index in [4.69, 9.17) is 9.52 Å². The average Bonchev–Trinajstić information content (AvgIpc) is 2.93. The molecule has 0 bridgehead atoms. The number of rotatable bonds is 3. The summed E-state index contributed by atoms with van der Waals surface area (Å²) in [6.07, 6.45) is 2.67. The molecule has 5 heteroatoms. The molecule has 2 heterocycles. The third-order valence-electron chi connectivity index (χ3n) is 3.63. The van der Waals surface area contributed by atoms with Crippen LogP contribution in [-0.4, -0.2) is 34.5 Å². The van der Waals surface area contributed by atoms with Crippen LogP contribution in [-0.2, 0) is 11.2 Å². The van der Waals surface area contributed by atoms with Crippen molar-refractivity contribution in [2.24, 2.45) is 5.92 Å². The van der Waals surface area contributed by atoms with Crippen LogP contribution in [0.5, 0.6) is 0 Å². The van der Waals surface area contributed by atoms with E-state index in [1.807, 2.05) is 6.92 Å². The predicted octanol–water partition coefficient (Wildman–Crippen LogP) is 1.78. The number of carbonyl (C=O) groups excluding carboxylic acids is 1. The molecule has 2 atom stereocenters. The van der Waals surface area contributed by atoms with Gasteiger partial charge in [-0.15, -0.1) is 0 Å². The van der Waals surface area contributed by atoms with E-state index in [1.165, 1.54) is 6.26 Å². The Kier molecular flexibility index (Phi) is 3.41. The van der Waals surface area contributed by atoms with Crippen LogP contribution in [0.1, 0.15) is 36.4 Å². The largest absolute Gasteiger partial charge is 0.481 e. The van der Waals surface area contributed by atoms with Crippen LogP contribution in [0.25, 0.3) is 0 Å². The van der Waals surface area contributed by atoms with Crippen LogP contribution < -0.4 is 0 Å². The number of carboxylic acids is 1. The third-order valence-corrected chi connectivity index (χ3v) is 3.63. The Morgan fingerprint density at radius 2 is 2.28 bits per heavy atom. The first-order valence-corrected chi connectivity index (χ1v) is 6.16. The number of likely N-dealkylation sites (tertiary alicyclic amines) is 1. The van der Waals surface area contributed by atoms with E-state index in [0.29, 0.717) is 30.7 Å². The molecule has 0 aliphatic carbocycles. The van der Waals surface area contributed by atoms with Crippen LogP contribution in [0.3, 0.4) is 0 Å². The molecule has 2 rings (SSSR count). The van der Waals surface area contributed by atoms with Crippen molar-refractivity contribution in [1.82, 2.24) is 4.90 Å². The monoisotopic (exact) mass is 251 g/mol. The number of hydrogen-bond acceptors (Lipinski definition) is 3. The number of amides is 1. The molecular weight excluding hydrogens is 234 g/mol. The summed E-state index contributed by atoms with van der Waals surface area (Å²) in [5.74, 6) is -0.769. The van der Waals surface area contributed by atoms with Gasteiger partial charge in [0.2, 0.25) is 0 Å². The summed E-state index contributed by atoms with van der Waals surface area (Å²) in [6.45, 7) is 4.20. The summed E-state index contributed by atoms with van der Waals surface area (Å²) < 4.78 is 5.24. The standard InChI is InChI=1S/C13H17NO4/c1-3-11-10(5-7-18-11)12(15)14-6-4-9(8(14)2)13(16)17/h5,7-9H,3-4,6H2,1-2H3,(H,16,17). The number of hydrogen-bond donors (Lipinski definition) is 1. The second-order valence-electron chi connectivity index (χ2n) is 4.58. The molecule has 98 valence electrons. The van der Waals surface area contributed by atoms with Gasteiger partial charge < -0.3 is 14.4 Å². The van der Waals surface area contributed by atoms with Gasteiger partial charge in [0.25, 0.3) is 5.91 Å². The molecule has 1 aliphatic heterocycles. The zero-order valence-corrected chi connectivity index (χ0v) is 10.5. The van der Waals surface area contributed by atoms with Gasteiger partial charge in [-0.2, -0.15) is 0 Å². The highest BCUT2D eigenvalue weighted by Crippen LogP contribution is 2.27. The third kappa shape index (κ3) is 2.00. The fourth-order valence-corrected chi connectivity index (χ4v) is 2.52. The summed E-state index contributed by atoms with van der Waals surface area (Å²) in [5.41, 5.74) is 0.551. The maximum atomic E-state index is 12.3. The molecule has 0 spiro atoms. The molecule has 1 fully saturated rings. The zero-order valence-electron chi connectivity index (χ0n) is 10.5. The number of furan rings is 1. The molecule has 1 amide bonds. The lowest BCUT2D eigenvalue weighted by molar-refractivity contribution is -0.142. The minimum atomic E-state index is -0.833. The minimum absolute atomic E-state index is 0.128. The highest BCUT2D eigenvalue weighted by atomic mass is 16.4. The molecule has 1 N–H and O–H groups in total. The number of aliphatic carboxylic acids is 1. The molecule has 18 heavy (non-hydrogen) atoms. The van der Waals surface area contributed by atoms with Gasteiger partial charge in [-0.05, 0) is 19.4 Å². The smallest absolute Gasteiger partial charge is 0.308 e. The Bertz CT molecular complexity index is 465. The molecule has 0 aromatic carbocycles. The SMILES string of the molecule is CCc1occc1C(=O)N1CCC(C(=O)O)C1C. The van der Waals surface area contributed by atoms with E-state index in [0.717, 1.165) is 0 Å². The van der Waals surface area contributed by atoms with E-state index < -0.39 is 11.9 Å². The van der Waals surface area contributed by atoms with E-state index in [2.05, 4.69) is 0 Å². The van der Waals surface area contributed by atoms with E-state index in [1.54, 1.807) is 17.9 Å². The van der Waals surface area contributed by atoms with Gasteiger partial charge >= 0.3 is 5.97 Å². The van der Waals surface area contributed by atoms with Crippen molar-refractivity contribution in [2.45, 2.75) is 32.7 Å². The number of carbonyl (C=O) groups is 2. The van der Waals surface area contributed by atoms with Crippen molar-refractivity contribution >= 4 is 11.9 Å². The number of nitrogens with zero attached hydrogens (tertiary/aromatic N) is 1. The minimum Gasteiger partial charge on any atom is -0.481 e. The van der Waals surface area contributed by atoms with Gasteiger partial charge in [-0.3, -0.25) is 9.59 Å². The number of carboxylic acid groups (broad SMARTS) is 1.